The van der Waals surface area contributed by atoms with Gasteiger partial charge in [-0.25, -0.2) is 0 Å². The van der Waals surface area contributed by atoms with E-state index in [9.17, 15) is 9.59 Å². The molecule has 0 radical (unpaired) electrons. The van der Waals surface area contributed by atoms with Crippen LogP contribution in [0.2, 0.25) is 0 Å². The molecule has 0 aromatic rings. The van der Waals surface area contributed by atoms with Crippen molar-refractivity contribution in [2.45, 2.75) is 38.5 Å². The first kappa shape index (κ1) is 12.0. The third-order valence-corrected chi connectivity index (χ3v) is 3.22. The van der Waals surface area contributed by atoms with E-state index in [1.54, 1.807) is 7.05 Å². The number of aliphatic carboxylic acids is 1. The predicted octanol–water partition coefficient (Wildman–Crippen LogP) is 1.40. The van der Waals surface area contributed by atoms with Crippen LogP contribution in [0.4, 0.5) is 0 Å². The van der Waals surface area contributed by atoms with Crippen molar-refractivity contribution in [3.05, 3.63) is 0 Å². The van der Waals surface area contributed by atoms with Gasteiger partial charge < -0.3 is 10.4 Å². The Labute approximate surface area is 90.0 Å². The second-order valence-electron chi connectivity index (χ2n) is 4.22. The molecule has 0 aromatic heterocycles. The average Bonchev–Trinajstić information content (AvgIpc) is 2.26. The van der Waals surface area contributed by atoms with E-state index in [2.05, 4.69) is 5.32 Å². The van der Waals surface area contributed by atoms with Crippen molar-refractivity contribution in [3.63, 3.8) is 0 Å². The van der Waals surface area contributed by atoms with Gasteiger partial charge in [-0.3, -0.25) is 9.59 Å². The van der Waals surface area contributed by atoms with Crippen LogP contribution >= 0.6 is 0 Å². The van der Waals surface area contributed by atoms with Crippen molar-refractivity contribution in [1.29, 1.82) is 0 Å². The summed E-state index contributed by atoms with van der Waals surface area (Å²) in [5, 5.41) is 11.6. The maximum absolute atomic E-state index is 11.2. The molecule has 1 fully saturated rings. The second-order valence-corrected chi connectivity index (χ2v) is 4.22. The third kappa shape index (κ3) is 3.53. The Morgan fingerprint density at radius 3 is 2.40 bits per heavy atom. The fourth-order valence-corrected chi connectivity index (χ4v) is 2.29. The van der Waals surface area contributed by atoms with Crippen molar-refractivity contribution in [3.8, 4) is 0 Å². The molecule has 0 bridgehead atoms. The first-order valence-corrected chi connectivity index (χ1v) is 5.58. The summed E-state index contributed by atoms with van der Waals surface area (Å²) >= 11 is 0. The number of nitrogens with one attached hydrogen (secondary N) is 1. The topological polar surface area (TPSA) is 66.4 Å². The predicted molar refractivity (Wildman–Crippen MR) is 56.4 cm³/mol. The van der Waals surface area contributed by atoms with Crippen molar-refractivity contribution < 1.29 is 14.7 Å². The van der Waals surface area contributed by atoms with Gasteiger partial charge in [0.2, 0.25) is 5.91 Å². The smallest absolute Gasteiger partial charge is 0.307 e. The van der Waals surface area contributed by atoms with E-state index in [1.165, 1.54) is 6.42 Å². The zero-order valence-electron chi connectivity index (χ0n) is 9.16. The van der Waals surface area contributed by atoms with Gasteiger partial charge in [0.25, 0.3) is 0 Å². The number of rotatable bonds is 4. The van der Waals surface area contributed by atoms with Crippen LogP contribution in [0.25, 0.3) is 0 Å². The van der Waals surface area contributed by atoms with Gasteiger partial charge in [0, 0.05) is 13.5 Å². The molecule has 86 valence electrons. The van der Waals surface area contributed by atoms with E-state index in [4.69, 9.17) is 5.11 Å². The molecule has 1 rings (SSSR count). The molecule has 0 aromatic carbocycles. The van der Waals surface area contributed by atoms with Gasteiger partial charge in [-0.15, -0.1) is 0 Å². The summed E-state index contributed by atoms with van der Waals surface area (Å²) < 4.78 is 0. The van der Waals surface area contributed by atoms with Crippen molar-refractivity contribution >= 4 is 11.9 Å². The second kappa shape index (κ2) is 5.73. The molecule has 2 N–H and O–H groups in total. The number of carbonyl (C=O) groups is 2. The summed E-state index contributed by atoms with van der Waals surface area (Å²) in [7, 11) is 1.54. The van der Waals surface area contributed by atoms with Crippen LogP contribution in [0.3, 0.4) is 0 Å². The van der Waals surface area contributed by atoms with Gasteiger partial charge in [-0.05, 0) is 18.8 Å². The number of carboxylic acid groups (broad SMARTS) is 1. The zero-order valence-corrected chi connectivity index (χ0v) is 9.16. The normalized spacial score (nSPS) is 19.5. The quantitative estimate of drug-likeness (QED) is 0.742. The number of hydrogen-bond acceptors (Lipinski definition) is 2. The highest BCUT2D eigenvalue weighted by Crippen LogP contribution is 2.31. The molecular formula is C11H19NO3. The largest absolute Gasteiger partial charge is 0.481 e. The van der Waals surface area contributed by atoms with E-state index in [-0.39, 0.29) is 18.2 Å². The fraction of sp³-hybridized carbons (Fsp3) is 0.818. The molecule has 4 nitrogen and oxygen atoms in total. The molecule has 1 aliphatic carbocycles. The molecule has 0 heterocycles. The average molecular weight is 213 g/mol. The minimum atomic E-state index is -0.828. The summed E-state index contributed by atoms with van der Waals surface area (Å²) in [4.78, 5) is 22.3. The summed E-state index contributed by atoms with van der Waals surface area (Å²) in [5.41, 5.74) is 0. The molecule has 15 heavy (non-hydrogen) atoms. The third-order valence-electron chi connectivity index (χ3n) is 3.22. The van der Waals surface area contributed by atoms with Crippen molar-refractivity contribution in [1.82, 2.24) is 5.32 Å². The molecule has 4 heteroatoms. The molecule has 0 saturated heterocycles. The van der Waals surface area contributed by atoms with E-state index in [0.29, 0.717) is 0 Å². The Morgan fingerprint density at radius 1 is 1.33 bits per heavy atom. The molecular weight excluding hydrogens is 194 g/mol. The molecule has 0 aliphatic heterocycles. The summed E-state index contributed by atoms with van der Waals surface area (Å²) in [6, 6.07) is 0. The lowest BCUT2D eigenvalue weighted by molar-refractivity contribution is -0.146. The zero-order chi connectivity index (χ0) is 11.3. The van der Waals surface area contributed by atoms with E-state index in [1.807, 2.05) is 0 Å². The standard InChI is InChI=1S/C11H19NO3/c1-12-10(13)7-9(11(14)15)8-5-3-2-4-6-8/h8-9H,2-7H2,1H3,(H,12,13)(H,14,15)/t9-/m0/s1. The maximum atomic E-state index is 11.2. The van der Waals surface area contributed by atoms with Crippen LogP contribution in [0, 0.1) is 11.8 Å². The number of carboxylic acids is 1. The van der Waals surface area contributed by atoms with E-state index < -0.39 is 11.9 Å². The van der Waals surface area contributed by atoms with Crippen molar-refractivity contribution in [2.24, 2.45) is 11.8 Å². The molecule has 1 aliphatic rings. The molecule has 1 saturated carbocycles. The Bertz CT molecular complexity index is 234. The van der Waals surface area contributed by atoms with Crippen LogP contribution < -0.4 is 5.32 Å². The van der Waals surface area contributed by atoms with Crippen LogP contribution in [-0.2, 0) is 9.59 Å². The van der Waals surface area contributed by atoms with Gasteiger partial charge in [-0.1, -0.05) is 19.3 Å². The lowest BCUT2D eigenvalue weighted by Gasteiger charge is -2.26. The lowest BCUT2D eigenvalue weighted by atomic mass is 9.78. The Kier molecular flexibility index (Phi) is 4.59. The Balaban J connectivity index is 2.55. The van der Waals surface area contributed by atoms with Crippen LogP contribution in [0.1, 0.15) is 38.5 Å². The summed E-state index contributed by atoms with van der Waals surface area (Å²) in [6.07, 6.45) is 5.42. The minimum absolute atomic E-state index is 0.122. The minimum Gasteiger partial charge on any atom is -0.481 e. The maximum Gasteiger partial charge on any atom is 0.307 e. The van der Waals surface area contributed by atoms with Crippen LogP contribution in [0.15, 0.2) is 0 Å². The molecule has 0 spiro atoms. The first-order valence-electron chi connectivity index (χ1n) is 5.58. The Hall–Kier alpha value is -1.06. The van der Waals surface area contributed by atoms with Gasteiger partial charge in [0.1, 0.15) is 0 Å². The Morgan fingerprint density at radius 2 is 1.93 bits per heavy atom. The van der Waals surface area contributed by atoms with Crippen LogP contribution in [-0.4, -0.2) is 24.0 Å². The SMILES string of the molecule is CNC(=O)C[C@H](C(=O)O)C1CCCCC1. The van der Waals surface area contributed by atoms with Crippen molar-refractivity contribution in [2.75, 3.05) is 7.05 Å². The fourth-order valence-electron chi connectivity index (χ4n) is 2.29. The molecule has 1 amide bonds. The highest BCUT2D eigenvalue weighted by atomic mass is 16.4. The lowest BCUT2D eigenvalue weighted by Crippen LogP contribution is -2.31. The first-order chi connectivity index (χ1) is 7.15. The van der Waals surface area contributed by atoms with Gasteiger partial charge in [0.05, 0.1) is 5.92 Å². The molecule has 0 unspecified atom stereocenters. The number of carbonyl (C=O) groups excluding carboxylic acids is 1. The van der Waals surface area contributed by atoms with Crippen LogP contribution in [0.5, 0.6) is 0 Å². The van der Waals surface area contributed by atoms with Gasteiger partial charge in [-0.2, -0.15) is 0 Å². The highest BCUT2D eigenvalue weighted by molar-refractivity contribution is 5.82. The summed E-state index contributed by atoms with van der Waals surface area (Å²) in [5.74, 6) is -1.31. The van der Waals surface area contributed by atoms with Gasteiger partial charge >= 0.3 is 5.97 Å². The van der Waals surface area contributed by atoms with E-state index >= 15 is 0 Å². The van der Waals surface area contributed by atoms with Gasteiger partial charge in [0.15, 0.2) is 0 Å². The summed E-state index contributed by atoms with van der Waals surface area (Å²) in [6.45, 7) is 0. The highest BCUT2D eigenvalue weighted by Gasteiger charge is 2.30. The molecule has 1 atom stereocenters. The number of hydrogen-bond donors (Lipinski definition) is 2. The number of amides is 1. The monoisotopic (exact) mass is 213 g/mol. The van der Waals surface area contributed by atoms with E-state index in [0.717, 1.165) is 25.7 Å².